The van der Waals surface area contributed by atoms with E-state index in [0.29, 0.717) is 24.8 Å². The molecule has 0 bridgehead atoms. The number of thiazole rings is 1. The number of carbonyl (C=O) groups is 1. The summed E-state index contributed by atoms with van der Waals surface area (Å²) in [6.07, 6.45) is 0. The van der Waals surface area contributed by atoms with Gasteiger partial charge in [-0.05, 0) is 0 Å². The number of nitrogens with one attached hydrogen (secondary N) is 1. The Bertz CT molecular complexity index is 370. The van der Waals surface area contributed by atoms with Gasteiger partial charge in [-0.25, -0.2) is 4.98 Å². The normalized spacial score (nSPS) is 10.9. The van der Waals surface area contributed by atoms with Crippen molar-refractivity contribution in [1.29, 1.82) is 0 Å². The van der Waals surface area contributed by atoms with E-state index in [1.165, 1.54) is 18.3 Å². The molecule has 1 amide bonds. The minimum absolute atomic E-state index is 0.104. The van der Waals surface area contributed by atoms with E-state index < -0.39 is 0 Å². The zero-order valence-corrected chi connectivity index (χ0v) is 11.5. The topological polar surface area (TPSA) is 74.7 Å². The van der Waals surface area contributed by atoms with Gasteiger partial charge in [-0.15, -0.1) is 11.3 Å². The zero-order valence-electron chi connectivity index (χ0n) is 10.7. The molecule has 1 heterocycles. The average molecular weight is 273 g/mol. The Hall–Kier alpha value is -1.02. The molecule has 1 aromatic rings. The number of hydrogen-bond donors (Lipinski definition) is 2. The quantitative estimate of drug-likeness (QED) is 0.723. The number of amides is 1. The van der Waals surface area contributed by atoms with Crippen LogP contribution in [0.4, 0.5) is 5.13 Å². The van der Waals surface area contributed by atoms with Gasteiger partial charge in [0.15, 0.2) is 5.13 Å². The molecular formula is C11H19N3O3S. The summed E-state index contributed by atoms with van der Waals surface area (Å²) in [6.45, 7) is 4.13. The van der Waals surface area contributed by atoms with Gasteiger partial charge in [0.05, 0.1) is 18.9 Å². The minimum atomic E-state index is -0.123. The molecule has 1 rings (SSSR count). The highest BCUT2D eigenvalue weighted by molar-refractivity contribution is 7.13. The second-order valence-electron chi connectivity index (χ2n) is 3.82. The smallest absolute Gasteiger partial charge is 0.223 e. The molecule has 0 saturated carbocycles. The first-order valence-corrected chi connectivity index (χ1v) is 6.57. The third-order valence-corrected chi connectivity index (χ3v) is 3.05. The molecule has 0 radical (unpaired) electrons. The molecule has 0 aliphatic carbocycles. The van der Waals surface area contributed by atoms with Crippen LogP contribution in [0.15, 0.2) is 5.38 Å². The highest BCUT2D eigenvalue weighted by Gasteiger charge is 2.09. The van der Waals surface area contributed by atoms with E-state index in [0.717, 1.165) is 12.2 Å². The fourth-order valence-corrected chi connectivity index (χ4v) is 2.20. The number of aliphatic hydroxyl groups is 1. The van der Waals surface area contributed by atoms with E-state index in [1.54, 1.807) is 7.11 Å². The van der Waals surface area contributed by atoms with Gasteiger partial charge in [0.2, 0.25) is 5.91 Å². The largest absolute Gasteiger partial charge is 0.395 e. The molecule has 102 valence electrons. The standard InChI is InChI=1S/C11H19N3O3S/c1-9(16)12-11-13-10(8-18-11)7-14(3-5-15)4-6-17-2/h8,15H,3-7H2,1-2H3,(H,12,13,16). The number of anilines is 1. The first kappa shape index (κ1) is 15.0. The molecule has 18 heavy (non-hydrogen) atoms. The summed E-state index contributed by atoms with van der Waals surface area (Å²) in [4.78, 5) is 17.2. The highest BCUT2D eigenvalue weighted by Crippen LogP contribution is 2.16. The first-order valence-electron chi connectivity index (χ1n) is 5.70. The van der Waals surface area contributed by atoms with Gasteiger partial charge in [0.25, 0.3) is 0 Å². The van der Waals surface area contributed by atoms with Gasteiger partial charge in [0, 0.05) is 39.0 Å². The van der Waals surface area contributed by atoms with Gasteiger partial charge in [-0.2, -0.15) is 0 Å². The van der Waals surface area contributed by atoms with Crippen LogP contribution in [0.3, 0.4) is 0 Å². The summed E-state index contributed by atoms with van der Waals surface area (Å²) in [7, 11) is 1.65. The molecule has 0 unspecified atom stereocenters. The van der Waals surface area contributed by atoms with Crippen LogP contribution in [0.25, 0.3) is 0 Å². The van der Waals surface area contributed by atoms with Crippen molar-refractivity contribution in [2.45, 2.75) is 13.5 Å². The minimum Gasteiger partial charge on any atom is -0.395 e. The van der Waals surface area contributed by atoms with Gasteiger partial charge in [-0.3, -0.25) is 9.69 Å². The lowest BCUT2D eigenvalue weighted by atomic mass is 10.4. The predicted molar refractivity (Wildman–Crippen MR) is 70.7 cm³/mol. The maximum atomic E-state index is 10.9. The fraction of sp³-hybridized carbons (Fsp3) is 0.636. The van der Waals surface area contributed by atoms with Gasteiger partial charge in [-0.1, -0.05) is 0 Å². The number of carbonyl (C=O) groups excluding carboxylic acids is 1. The van der Waals surface area contributed by atoms with E-state index in [4.69, 9.17) is 9.84 Å². The molecule has 0 saturated heterocycles. The summed E-state index contributed by atoms with van der Waals surface area (Å²) in [6, 6.07) is 0. The Kier molecular flexibility index (Phi) is 6.81. The number of ether oxygens (including phenoxy) is 1. The van der Waals surface area contributed by atoms with Crippen LogP contribution < -0.4 is 5.32 Å². The lowest BCUT2D eigenvalue weighted by Crippen LogP contribution is -2.30. The van der Waals surface area contributed by atoms with Crippen LogP contribution in [-0.2, 0) is 16.1 Å². The molecule has 7 heteroatoms. The number of aliphatic hydroxyl groups excluding tert-OH is 1. The molecule has 6 nitrogen and oxygen atoms in total. The molecule has 0 aliphatic heterocycles. The first-order chi connectivity index (χ1) is 8.65. The van der Waals surface area contributed by atoms with E-state index in [-0.39, 0.29) is 12.5 Å². The van der Waals surface area contributed by atoms with E-state index in [1.807, 2.05) is 5.38 Å². The molecular weight excluding hydrogens is 254 g/mol. The maximum Gasteiger partial charge on any atom is 0.223 e. The Morgan fingerprint density at radius 2 is 2.39 bits per heavy atom. The third kappa shape index (κ3) is 5.54. The number of nitrogens with zero attached hydrogens (tertiary/aromatic N) is 2. The van der Waals surface area contributed by atoms with Crippen LogP contribution in [0.2, 0.25) is 0 Å². The van der Waals surface area contributed by atoms with Crippen LogP contribution in [-0.4, -0.2) is 54.3 Å². The maximum absolute atomic E-state index is 10.9. The van der Waals surface area contributed by atoms with Crippen molar-refractivity contribution in [2.75, 3.05) is 38.7 Å². The Morgan fingerprint density at radius 1 is 1.61 bits per heavy atom. The average Bonchev–Trinajstić information content (AvgIpc) is 2.72. The number of rotatable bonds is 8. The summed E-state index contributed by atoms with van der Waals surface area (Å²) in [5, 5.41) is 14.1. The lowest BCUT2D eigenvalue weighted by molar-refractivity contribution is -0.114. The molecule has 0 fully saturated rings. The molecule has 0 spiro atoms. The lowest BCUT2D eigenvalue weighted by Gasteiger charge is -2.19. The fourth-order valence-electron chi connectivity index (χ4n) is 1.45. The molecule has 1 aromatic heterocycles. The van der Waals surface area contributed by atoms with E-state index in [2.05, 4.69) is 15.2 Å². The van der Waals surface area contributed by atoms with Crippen LogP contribution in [0, 0.1) is 0 Å². The van der Waals surface area contributed by atoms with Crippen LogP contribution in [0.5, 0.6) is 0 Å². The zero-order chi connectivity index (χ0) is 13.4. The van der Waals surface area contributed by atoms with Crippen molar-refractivity contribution in [3.05, 3.63) is 11.1 Å². The SMILES string of the molecule is COCCN(CCO)Cc1csc(NC(C)=O)n1. The Labute approximate surface area is 111 Å². The van der Waals surface area contributed by atoms with E-state index >= 15 is 0 Å². The monoisotopic (exact) mass is 273 g/mol. The number of aromatic nitrogens is 1. The third-order valence-electron chi connectivity index (χ3n) is 2.25. The Balaban J connectivity index is 2.51. The van der Waals surface area contributed by atoms with Crippen molar-refractivity contribution >= 4 is 22.4 Å². The van der Waals surface area contributed by atoms with Gasteiger partial charge in [0.1, 0.15) is 0 Å². The van der Waals surface area contributed by atoms with Gasteiger partial charge >= 0.3 is 0 Å². The number of hydrogen-bond acceptors (Lipinski definition) is 6. The number of methoxy groups -OCH3 is 1. The van der Waals surface area contributed by atoms with Crippen molar-refractivity contribution in [3.8, 4) is 0 Å². The molecule has 0 atom stereocenters. The summed E-state index contributed by atoms with van der Waals surface area (Å²) in [5.74, 6) is -0.123. The van der Waals surface area contributed by atoms with Crippen molar-refractivity contribution < 1.29 is 14.6 Å². The molecule has 0 aromatic carbocycles. The van der Waals surface area contributed by atoms with Crippen molar-refractivity contribution in [3.63, 3.8) is 0 Å². The molecule has 2 N–H and O–H groups in total. The highest BCUT2D eigenvalue weighted by atomic mass is 32.1. The van der Waals surface area contributed by atoms with Crippen LogP contribution >= 0.6 is 11.3 Å². The van der Waals surface area contributed by atoms with Crippen LogP contribution in [0.1, 0.15) is 12.6 Å². The predicted octanol–water partition coefficient (Wildman–Crippen LogP) is 0.542. The van der Waals surface area contributed by atoms with E-state index in [9.17, 15) is 4.79 Å². The second kappa shape index (κ2) is 8.15. The molecule has 0 aliphatic rings. The Morgan fingerprint density at radius 3 is 3.00 bits per heavy atom. The summed E-state index contributed by atoms with van der Waals surface area (Å²) >= 11 is 1.40. The second-order valence-corrected chi connectivity index (χ2v) is 4.68. The van der Waals surface area contributed by atoms with Gasteiger partial charge < -0.3 is 15.2 Å². The van der Waals surface area contributed by atoms with Crippen molar-refractivity contribution in [2.24, 2.45) is 0 Å². The summed E-state index contributed by atoms with van der Waals surface area (Å²) in [5.41, 5.74) is 0.883. The summed E-state index contributed by atoms with van der Waals surface area (Å²) < 4.78 is 5.02. The van der Waals surface area contributed by atoms with Crippen molar-refractivity contribution in [1.82, 2.24) is 9.88 Å².